The minimum atomic E-state index is -0.871. The first-order chi connectivity index (χ1) is 10.6. The number of rotatable bonds is 3. The van der Waals surface area contributed by atoms with Gasteiger partial charge in [-0.15, -0.1) is 0 Å². The molecular formula is C19H21NO2. The molecule has 0 amide bonds. The lowest BCUT2D eigenvalue weighted by molar-refractivity contribution is 0.0697. The smallest absolute Gasteiger partial charge is 0.335 e. The Morgan fingerprint density at radius 1 is 1.00 bits per heavy atom. The fourth-order valence-corrected chi connectivity index (χ4v) is 3.12. The van der Waals surface area contributed by atoms with Crippen molar-refractivity contribution in [3.05, 3.63) is 65.2 Å². The van der Waals surface area contributed by atoms with Gasteiger partial charge in [-0.25, -0.2) is 4.79 Å². The molecule has 0 unspecified atom stereocenters. The average Bonchev–Trinajstić information content (AvgIpc) is 2.56. The van der Waals surface area contributed by atoms with Gasteiger partial charge in [0.05, 0.1) is 5.56 Å². The second-order valence-electron chi connectivity index (χ2n) is 6.02. The summed E-state index contributed by atoms with van der Waals surface area (Å²) in [6.07, 6.45) is 2.29. The number of carboxylic acids is 1. The summed E-state index contributed by atoms with van der Waals surface area (Å²) in [5.74, 6) is -0.236. The van der Waals surface area contributed by atoms with Crippen LogP contribution in [0, 0.1) is 6.92 Å². The van der Waals surface area contributed by atoms with Gasteiger partial charge in [-0.05, 0) is 55.5 Å². The highest BCUT2D eigenvalue weighted by atomic mass is 16.4. The van der Waals surface area contributed by atoms with Crippen molar-refractivity contribution in [1.82, 2.24) is 0 Å². The third-order valence-electron chi connectivity index (χ3n) is 4.52. The van der Waals surface area contributed by atoms with E-state index in [9.17, 15) is 4.79 Å². The molecule has 0 aliphatic carbocycles. The fourth-order valence-electron chi connectivity index (χ4n) is 3.12. The van der Waals surface area contributed by atoms with E-state index < -0.39 is 5.97 Å². The Morgan fingerprint density at radius 2 is 1.59 bits per heavy atom. The zero-order chi connectivity index (χ0) is 15.5. The van der Waals surface area contributed by atoms with E-state index in [1.54, 1.807) is 12.1 Å². The van der Waals surface area contributed by atoms with Crippen molar-refractivity contribution in [1.29, 1.82) is 0 Å². The van der Waals surface area contributed by atoms with Crippen LogP contribution in [-0.4, -0.2) is 24.2 Å². The second-order valence-corrected chi connectivity index (χ2v) is 6.02. The van der Waals surface area contributed by atoms with Crippen molar-refractivity contribution < 1.29 is 9.90 Å². The van der Waals surface area contributed by atoms with Crippen molar-refractivity contribution >= 4 is 11.7 Å². The Bertz CT molecular complexity index is 638. The standard InChI is InChI=1S/C19H21NO2/c1-14-2-4-15(5-3-14)16-10-12-20(13-11-16)18-8-6-17(7-9-18)19(21)22/h2-9,16H,10-13H2,1H3,(H,21,22). The number of hydrogen-bond acceptors (Lipinski definition) is 2. The second kappa shape index (κ2) is 6.22. The molecule has 1 aliphatic rings. The van der Waals surface area contributed by atoms with Crippen molar-refractivity contribution in [2.45, 2.75) is 25.7 Å². The number of benzene rings is 2. The van der Waals surface area contributed by atoms with Crippen LogP contribution in [0.5, 0.6) is 0 Å². The van der Waals surface area contributed by atoms with Crippen LogP contribution in [0.15, 0.2) is 48.5 Å². The molecule has 114 valence electrons. The lowest BCUT2D eigenvalue weighted by Crippen LogP contribution is -2.32. The topological polar surface area (TPSA) is 40.5 Å². The lowest BCUT2D eigenvalue weighted by Gasteiger charge is -2.34. The number of aromatic carboxylic acids is 1. The highest BCUT2D eigenvalue weighted by Crippen LogP contribution is 2.30. The van der Waals surface area contributed by atoms with Crippen LogP contribution < -0.4 is 4.90 Å². The summed E-state index contributed by atoms with van der Waals surface area (Å²) in [5.41, 5.74) is 4.21. The van der Waals surface area contributed by atoms with Crippen LogP contribution >= 0.6 is 0 Å². The maximum atomic E-state index is 10.9. The molecule has 1 saturated heterocycles. The first-order valence-corrected chi connectivity index (χ1v) is 7.78. The van der Waals surface area contributed by atoms with Gasteiger partial charge in [0.25, 0.3) is 0 Å². The lowest BCUT2D eigenvalue weighted by atomic mass is 9.89. The van der Waals surface area contributed by atoms with Gasteiger partial charge in [-0.1, -0.05) is 29.8 Å². The summed E-state index contributed by atoms with van der Waals surface area (Å²) < 4.78 is 0. The van der Waals surface area contributed by atoms with Crippen LogP contribution in [0.1, 0.15) is 40.2 Å². The summed E-state index contributed by atoms with van der Waals surface area (Å²) in [4.78, 5) is 13.2. The highest BCUT2D eigenvalue weighted by molar-refractivity contribution is 5.88. The largest absolute Gasteiger partial charge is 0.478 e. The molecule has 3 rings (SSSR count). The summed E-state index contributed by atoms with van der Waals surface area (Å²) in [6, 6.07) is 16.1. The van der Waals surface area contributed by atoms with Gasteiger partial charge in [-0.2, -0.15) is 0 Å². The van der Waals surface area contributed by atoms with Gasteiger partial charge in [0, 0.05) is 18.8 Å². The van der Waals surface area contributed by atoms with Crippen LogP contribution in [0.2, 0.25) is 0 Å². The molecule has 2 aromatic carbocycles. The molecule has 0 saturated carbocycles. The van der Waals surface area contributed by atoms with Gasteiger partial charge in [-0.3, -0.25) is 0 Å². The minimum absolute atomic E-state index is 0.346. The van der Waals surface area contributed by atoms with Crippen LogP contribution in [0.3, 0.4) is 0 Å². The predicted molar refractivity (Wildman–Crippen MR) is 88.8 cm³/mol. The molecule has 2 aromatic rings. The quantitative estimate of drug-likeness (QED) is 0.927. The zero-order valence-electron chi connectivity index (χ0n) is 12.8. The number of carboxylic acid groups (broad SMARTS) is 1. The number of anilines is 1. The predicted octanol–water partition coefficient (Wildman–Crippen LogP) is 4.08. The number of carbonyl (C=O) groups is 1. The van der Waals surface area contributed by atoms with Crippen LogP contribution in [0.25, 0.3) is 0 Å². The Labute approximate surface area is 131 Å². The molecule has 3 heteroatoms. The van der Waals surface area contributed by atoms with E-state index >= 15 is 0 Å². The Morgan fingerprint density at radius 3 is 2.14 bits per heavy atom. The molecule has 0 radical (unpaired) electrons. The summed E-state index contributed by atoms with van der Waals surface area (Å²) in [6.45, 7) is 4.16. The van der Waals surface area contributed by atoms with E-state index in [0.717, 1.165) is 31.6 Å². The zero-order valence-corrected chi connectivity index (χ0v) is 12.8. The minimum Gasteiger partial charge on any atom is -0.478 e. The SMILES string of the molecule is Cc1ccc(C2CCN(c3ccc(C(=O)O)cc3)CC2)cc1. The Kier molecular flexibility index (Phi) is 4.14. The average molecular weight is 295 g/mol. The van der Waals surface area contributed by atoms with Gasteiger partial charge in [0.1, 0.15) is 0 Å². The number of hydrogen-bond donors (Lipinski definition) is 1. The molecule has 1 fully saturated rings. The van der Waals surface area contributed by atoms with E-state index in [2.05, 4.69) is 36.1 Å². The van der Waals surface area contributed by atoms with Crippen molar-refractivity contribution in [2.24, 2.45) is 0 Å². The maximum absolute atomic E-state index is 10.9. The summed E-state index contributed by atoms with van der Waals surface area (Å²) >= 11 is 0. The maximum Gasteiger partial charge on any atom is 0.335 e. The van der Waals surface area contributed by atoms with E-state index in [4.69, 9.17) is 5.11 Å². The number of piperidine rings is 1. The third kappa shape index (κ3) is 3.14. The molecule has 22 heavy (non-hydrogen) atoms. The third-order valence-corrected chi connectivity index (χ3v) is 4.52. The molecule has 1 N–H and O–H groups in total. The summed E-state index contributed by atoms with van der Waals surface area (Å²) in [5, 5.41) is 8.95. The first kappa shape index (κ1) is 14.6. The first-order valence-electron chi connectivity index (χ1n) is 7.78. The molecule has 0 aromatic heterocycles. The van der Waals surface area contributed by atoms with Crippen molar-refractivity contribution in [3.63, 3.8) is 0 Å². The van der Waals surface area contributed by atoms with Crippen molar-refractivity contribution in [2.75, 3.05) is 18.0 Å². The normalized spacial score (nSPS) is 15.8. The molecule has 3 nitrogen and oxygen atoms in total. The van der Waals surface area contributed by atoms with Crippen LogP contribution in [-0.2, 0) is 0 Å². The monoisotopic (exact) mass is 295 g/mol. The van der Waals surface area contributed by atoms with E-state index in [-0.39, 0.29) is 0 Å². The fraction of sp³-hybridized carbons (Fsp3) is 0.316. The van der Waals surface area contributed by atoms with E-state index in [0.29, 0.717) is 11.5 Å². The molecular weight excluding hydrogens is 274 g/mol. The van der Waals surface area contributed by atoms with E-state index in [1.807, 2.05) is 12.1 Å². The number of nitrogens with zero attached hydrogens (tertiary/aromatic N) is 1. The van der Waals surface area contributed by atoms with Gasteiger partial charge >= 0.3 is 5.97 Å². The Balaban J connectivity index is 1.63. The molecule has 0 spiro atoms. The van der Waals surface area contributed by atoms with Gasteiger partial charge in [0.2, 0.25) is 0 Å². The molecule has 0 atom stereocenters. The molecule has 1 aliphatic heterocycles. The van der Waals surface area contributed by atoms with E-state index in [1.165, 1.54) is 11.1 Å². The van der Waals surface area contributed by atoms with Gasteiger partial charge in [0.15, 0.2) is 0 Å². The Hall–Kier alpha value is -2.29. The number of aryl methyl sites for hydroxylation is 1. The molecule has 0 bridgehead atoms. The van der Waals surface area contributed by atoms with Crippen LogP contribution in [0.4, 0.5) is 5.69 Å². The van der Waals surface area contributed by atoms with Gasteiger partial charge < -0.3 is 10.0 Å². The highest BCUT2D eigenvalue weighted by Gasteiger charge is 2.20. The molecule has 1 heterocycles. The summed E-state index contributed by atoms with van der Waals surface area (Å²) in [7, 11) is 0. The van der Waals surface area contributed by atoms with Crippen molar-refractivity contribution in [3.8, 4) is 0 Å².